The molecule has 0 saturated carbocycles. The summed E-state index contributed by atoms with van der Waals surface area (Å²) < 4.78 is 5.31. The van der Waals surface area contributed by atoms with Crippen LogP contribution in [-0.4, -0.2) is 24.0 Å². The number of rotatable bonds is 5. The van der Waals surface area contributed by atoms with E-state index in [4.69, 9.17) is 17.0 Å². The minimum atomic E-state index is -0.199. The molecule has 2 rings (SSSR count). The number of hydrogen-bond donors (Lipinski definition) is 3. The molecule has 6 nitrogen and oxygen atoms in total. The third-order valence-electron chi connectivity index (χ3n) is 3.03. The fourth-order valence-corrected chi connectivity index (χ4v) is 2.69. The van der Waals surface area contributed by atoms with Crippen molar-refractivity contribution in [3.63, 3.8) is 0 Å². The van der Waals surface area contributed by atoms with Gasteiger partial charge in [0.15, 0.2) is 5.11 Å². The normalized spacial score (nSPS) is 9.92. The topological polar surface area (TPSA) is 79.5 Å². The number of carbonyl (C=O) groups excluding carboxylic acids is 2. The number of amides is 2. The zero-order valence-corrected chi connectivity index (χ0v) is 14.8. The summed E-state index contributed by atoms with van der Waals surface area (Å²) in [5.74, 6) is 0.114. The minimum absolute atomic E-state index is 0.167. The van der Waals surface area contributed by atoms with Gasteiger partial charge in [-0.3, -0.25) is 9.59 Å². The summed E-state index contributed by atoms with van der Waals surface area (Å²) in [6, 6.07) is 8.69. The molecule has 126 valence electrons. The van der Waals surface area contributed by atoms with Crippen LogP contribution in [0.5, 0.6) is 5.75 Å². The summed E-state index contributed by atoms with van der Waals surface area (Å²) in [5.41, 5.74) is 1.19. The zero-order valence-electron chi connectivity index (χ0n) is 13.2. The van der Waals surface area contributed by atoms with Gasteiger partial charge in [-0.25, -0.2) is 0 Å². The van der Waals surface area contributed by atoms with E-state index in [1.54, 1.807) is 31.2 Å². The minimum Gasteiger partial charge on any atom is -0.494 e. The number of ether oxygens (including phenoxy) is 1. The first kappa shape index (κ1) is 17.9. The molecule has 0 atom stereocenters. The van der Waals surface area contributed by atoms with E-state index in [0.717, 1.165) is 0 Å². The highest BCUT2D eigenvalue weighted by Crippen LogP contribution is 2.28. The van der Waals surface area contributed by atoms with Gasteiger partial charge in [0.25, 0.3) is 5.91 Å². The first-order valence-electron chi connectivity index (χ1n) is 7.17. The number of thiophene rings is 1. The van der Waals surface area contributed by atoms with E-state index < -0.39 is 0 Å². The molecule has 1 aromatic heterocycles. The fraction of sp³-hybridized carbons (Fsp3) is 0.188. The second-order valence-corrected chi connectivity index (χ2v) is 6.06. The van der Waals surface area contributed by atoms with Crippen LogP contribution in [0.15, 0.2) is 35.7 Å². The highest BCUT2D eigenvalue weighted by Gasteiger charge is 2.12. The van der Waals surface area contributed by atoms with E-state index in [9.17, 15) is 9.59 Å². The lowest BCUT2D eigenvalue weighted by Gasteiger charge is -2.13. The van der Waals surface area contributed by atoms with Crippen LogP contribution >= 0.6 is 23.6 Å². The smallest absolute Gasteiger partial charge is 0.265 e. The van der Waals surface area contributed by atoms with Gasteiger partial charge < -0.3 is 20.7 Å². The summed E-state index contributed by atoms with van der Waals surface area (Å²) in [6.07, 6.45) is 0.346. The third-order valence-corrected chi connectivity index (χ3v) is 4.10. The lowest BCUT2D eigenvalue weighted by atomic mass is 10.2. The largest absolute Gasteiger partial charge is 0.494 e. The highest BCUT2D eigenvalue weighted by atomic mass is 32.1. The van der Waals surface area contributed by atoms with E-state index in [0.29, 0.717) is 28.4 Å². The Balaban J connectivity index is 2.08. The SMILES string of the molecule is CCC(=O)NC(=S)Nc1ccc(NC(=O)c2cccs2)c(OC)c1. The molecular formula is C16H17N3O3S2. The van der Waals surface area contributed by atoms with Crippen LogP contribution in [0.4, 0.5) is 11.4 Å². The molecule has 0 radical (unpaired) electrons. The maximum atomic E-state index is 12.1. The molecule has 1 heterocycles. The highest BCUT2D eigenvalue weighted by molar-refractivity contribution is 7.80. The van der Waals surface area contributed by atoms with Crippen LogP contribution < -0.4 is 20.7 Å². The summed E-state index contributed by atoms with van der Waals surface area (Å²) >= 11 is 6.42. The van der Waals surface area contributed by atoms with Gasteiger partial charge in [-0.2, -0.15) is 0 Å². The van der Waals surface area contributed by atoms with Gasteiger partial charge in [0, 0.05) is 18.2 Å². The van der Waals surface area contributed by atoms with Gasteiger partial charge in [-0.05, 0) is 35.8 Å². The average Bonchev–Trinajstić information content (AvgIpc) is 3.10. The van der Waals surface area contributed by atoms with Crippen molar-refractivity contribution in [2.24, 2.45) is 0 Å². The van der Waals surface area contributed by atoms with Gasteiger partial charge in [-0.1, -0.05) is 13.0 Å². The van der Waals surface area contributed by atoms with Gasteiger partial charge in [0.2, 0.25) is 5.91 Å². The van der Waals surface area contributed by atoms with E-state index >= 15 is 0 Å². The summed E-state index contributed by atoms with van der Waals surface area (Å²) in [4.78, 5) is 24.0. The Bertz CT molecular complexity index is 745. The molecule has 1 aromatic carbocycles. The Hall–Kier alpha value is -2.45. The Morgan fingerprint density at radius 3 is 2.67 bits per heavy atom. The molecule has 0 aliphatic rings. The molecule has 24 heavy (non-hydrogen) atoms. The van der Waals surface area contributed by atoms with Gasteiger partial charge in [0.05, 0.1) is 17.7 Å². The van der Waals surface area contributed by atoms with Crippen LogP contribution in [0, 0.1) is 0 Å². The molecule has 0 spiro atoms. The molecule has 0 bridgehead atoms. The maximum Gasteiger partial charge on any atom is 0.265 e. The summed E-state index contributed by atoms with van der Waals surface area (Å²) in [7, 11) is 1.51. The lowest BCUT2D eigenvalue weighted by Crippen LogP contribution is -2.33. The summed E-state index contributed by atoms with van der Waals surface area (Å²) in [5, 5.41) is 10.3. The van der Waals surface area contributed by atoms with Crippen LogP contribution in [0.2, 0.25) is 0 Å². The van der Waals surface area contributed by atoms with Crippen LogP contribution in [0.3, 0.4) is 0 Å². The molecule has 8 heteroatoms. The van der Waals surface area contributed by atoms with Crippen molar-refractivity contribution in [3.8, 4) is 5.75 Å². The van der Waals surface area contributed by atoms with E-state index in [-0.39, 0.29) is 16.9 Å². The molecule has 0 unspecified atom stereocenters. The lowest BCUT2D eigenvalue weighted by molar-refractivity contribution is -0.119. The predicted molar refractivity (Wildman–Crippen MR) is 99.9 cm³/mol. The first-order chi connectivity index (χ1) is 11.5. The van der Waals surface area contributed by atoms with Crippen molar-refractivity contribution < 1.29 is 14.3 Å². The summed E-state index contributed by atoms with van der Waals surface area (Å²) in [6.45, 7) is 1.74. The standard InChI is InChI=1S/C16H17N3O3S2/c1-3-14(20)19-16(23)17-10-6-7-11(12(9-10)22-2)18-15(21)13-5-4-8-24-13/h4-9H,3H2,1-2H3,(H,18,21)(H2,17,19,20,23). The Morgan fingerprint density at radius 2 is 2.04 bits per heavy atom. The van der Waals surface area contributed by atoms with E-state index in [2.05, 4.69) is 16.0 Å². The molecule has 0 aliphatic heterocycles. The number of hydrogen-bond acceptors (Lipinski definition) is 5. The van der Waals surface area contributed by atoms with Crippen LogP contribution in [0.25, 0.3) is 0 Å². The molecule has 0 saturated heterocycles. The maximum absolute atomic E-state index is 12.1. The van der Waals surface area contributed by atoms with Crippen LogP contribution in [0.1, 0.15) is 23.0 Å². The molecule has 3 N–H and O–H groups in total. The van der Waals surface area contributed by atoms with E-state index in [1.165, 1.54) is 18.4 Å². The molecule has 2 amide bonds. The molecule has 0 aliphatic carbocycles. The van der Waals surface area contributed by atoms with Gasteiger partial charge in [0.1, 0.15) is 5.75 Å². The number of benzene rings is 1. The quantitative estimate of drug-likeness (QED) is 0.711. The molecule has 0 fully saturated rings. The molecule has 2 aromatic rings. The Morgan fingerprint density at radius 1 is 1.25 bits per heavy atom. The van der Waals surface area contributed by atoms with Crippen molar-refractivity contribution in [1.82, 2.24) is 5.32 Å². The predicted octanol–water partition coefficient (Wildman–Crippen LogP) is 3.23. The van der Waals surface area contributed by atoms with Crippen molar-refractivity contribution in [1.29, 1.82) is 0 Å². The Labute approximate surface area is 149 Å². The fourth-order valence-electron chi connectivity index (χ4n) is 1.84. The molecular weight excluding hydrogens is 346 g/mol. The third kappa shape index (κ3) is 4.77. The van der Waals surface area contributed by atoms with Crippen molar-refractivity contribution in [2.45, 2.75) is 13.3 Å². The second kappa shape index (κ2) is 8.42. The van der Waals surface area contributed by atoms with Crippen LogP contribution in [-0.2, 0) is 4.79 Å². The average molecular weight is 363 g/mol. The second-order valence-electron chi connectivity index (χ2n) is 4.70. The number of anilines is 2. The van der Waals surface area contributed by atoms with Gasteiger partial charge >= 0.3 is 0 Å². The van der Waals surface area contributed by atoms with Gasteiger partial charge in [-0.15, -0.1) is 11.3 Å². The van der Waals surface area contributed by atoms with Crippen molar-refractivity contribution in [2.75, 3.05) is 17.7 Å². The first-order valence-corrected chi connectivity index (χ1v) is 8.46. The number of methoxy groups -OCH3 is 1. The van der Waals surface area contributed by atoms with E-state index in [1.807, 2.05) is 11.4 Å². The number of carbonyl (C=O) groups is 2. The van der Waals surface area contributed by atoms with Crippen molar-refractivity contribution in [3.05, 3.63) is 40.6 Å². The number of nitrogens with one attached hydrogen (secondary N) is 3. The zero-order chi connectivity index (χ0) is 17.5. The monoisotopic (exact) mass is 363 g/mol. The number of thiocarbonyl (C=S) groups is 1. The Kier molecular flexibility index (Phi) is 6.28. The van der Waals surface area contributed by atoms with Crippen molar-refractivity contribution >= 4 is 51.9 Å².